The molecule has 0 atom stereocenters. The van der Waals surface area contributed by atoms with Crippen molar-refractivity contribution in [1.82, 2.24) is 23.3 Å². The first-order valence-electron chi connectivity index (χ1n) is 22.9. The smallest absolute Gasteiger partial charge is 0.145 e. The number of aryl methyl sites for hydroxylation is 1. The summed E-state index contributed by atoms with van der Waals surface area (Å²) in [5, 5.41) is 6.30. The third-order valence-electron chi connectivity index (χ3n) is 13.8. The zero-order valence-corrected chi connectivity index (χ0v) is 36.0. The molecule has 0 saturated heterocycles. The van der Waals surface area contributed by atoms with Crippen molar-refractivity contribution in [2.75, 3.05) is 0 Å². The molecular weight excluding hydrogens is 803 g/mol. The number of nitrogens with zero attached hydrogens (tertiary/aromatic N) is 5. The second-order valence-corrected chi connectivity index (χ2v) is 17.5. The molecule has 0 unspecified atom stereocenters. The summed E-state index contributed by atoms with van der Waals surface area (Å²) in [4.78, 5) is 5.14. The lowest BCUT2D eigenvalue weighted by Crippen LogP contribution is -2.01. The van der Waals surface area contributed by atoms with Gasteiger partial charge in [-0.1, -0.05) is 103 Å². The minimum absolute atomic E-state index is 0.936. The van der Waals surface area contributed by atoms with E-state index >= 15 is 0 Å². The third-order valence-corrected chi connectivity index (χ3v) is 13.8. The first-order valence-corrected chi connectivity index (χ1v) is 22.9. The number of rotatable bonds is 6. The SMILES string of the molecule is C1=Cc2c(c3cc(-c4ccc5c(c4)c4ccccc4n5-c4ccc5c(c4)c4ccccc4n5-c4ccccc4)ccc3n2-c2ccc(-c3nc4ccccc4n3-c3ccccc3)cc2)CC1. The summed E-state index contributed by atoms with van der Waals surface area (Å²) in [5.74, 6) is 0.936. The van der Waals surface area contributed by atoms with Gasteiger partial charge in [-0.05, 0) is 151 Å². The van der Waals surface area contributed by atoms with Gasteiger partial charge >= 0.3 is 0 Å². The van der Waals surface area contributed by atoms with E-state index in [0.717, 1.165) is 52.3 Å². The molecule has 0 fully saturated rings. The fraction of sp³-hybridized carbons (Fsp3) is 0.0328. The molecule has 0 bridgehead atoms. The number of imidazole rings is 1. The highest BCUT2D eigenvalue weighted by Gasteiger charge is 2.22. The van der Waals surface area contributed by atoms with Gasteiger partial charge in [-0.15, -0.1) is 0 Å². The van der Waals surface area contributed by atoms with E-state index in [4.69, 9.17) is 4.98 Å². The maximum absolute atomic E-state index is 5.14. The summed E-state index contributed by atoms with van der Waals surface area (Å²) in [5.41, 5.74) is 18.9. The average Bonchev–Trinajstić information content (AvgIpc) is 4.13. The molecule has 310 valence electrons. The van der Waals surface area contributed by atoms with Crippen LogP contribution in [0.1, 0.15) is 17.7 Å². The highest BCUT2D eigenvalue weighted by molar-refractivity contribution is 6.13. The maximum atomic E-state index is 5.14. The zero-order chi connectivity index (χ0) is 43.3. The minimum Gasteiger partial charge on any atom is -0.310 e. The Hall–Kier alpha value is -8.67. The van der Waals surface area contributed by atoms with Crippen LogP contribution in [0.5, 0.6) is 0 Å². The predicted octanol–water partition coefficient (Wildman–Crippen LogP) is 15.5. The zero-order valence-electron chi connectivity index (χ0n) is 36.0. The fourth-order valence-electron chi connectivity index (χ4n) is 10.9. The standard InChI is InChI=1S/C61H41N5/c1-3-15-43(16-4-1)63-55-24-12-9-21-49(55)52-39-46(33-36-59(52)63)65-56-25-13-8-20-48(56)51-38-42(30-35-58(51)65)41-29-34-57-50(37-41)47-19-7-11-23-54(47)64(57)45-31-27-40(28-32-45)61-62-53-22-10-14-26-60(53)66(61)44-17-5-2-6-18-44/h1-6,8-18,20-39H,7,19H2. The van der Waals surface area contributed by atoms with E-state index < -0.39 is 0 Å². The van der Waals surface area contributed by atoms with Crippen molar-refractivity contribution in [3.05, 3.63) is 230 Å². The molecule has 0 aliphatic heterocycles. The topological polar surface area (TPSA) is 32.6 Å². The van der Waals surface area contributed by atoms with E-state index in [1.807, 2.05) is 0 Å². The van der Waals surface area contributed by atoms with E-state index in [9.17, 15) is 0 Å². The first-order chi connectivity index (χ1) is 32.7. The molecule has 5 heteroatoms. The van der Waals surface area contributed by atoms with Crippen LogP contribution < -0.4 is 0 Å². The van der Waals surface area contributed by atoms with Crippen LogP contribution in [-0.4, -0.2) is 23.3 Å². The lowest BCUT2D eigenvalue weighted by Gasteiger charge is -2.13. The van der Waals surface area contributed by atoms with Gasteiger partial charge < -0.3 is 13.7 Å². The van der Waals surface area contributed by atoms with Crippen molar-refractivity contribution in [2.45, 2.75) is 12.8 Å². The number of para-hydroxylation sites is 6. The lowest BCUT2D eigenvalue weighted by atomic mass is 9.97. The van der Waals surface area contributed by atoms with Crippen molar-refractivity contribution in [1.29, 1.82) is 0 Å². The summed E-state index contributed by atoms with van der Waals surface area (Å²) < 4.78 is 9.53. The number of benzene rings is 9. The van der Waals surface area contributed by atoms with Crippen LogP contribution in [0.15, 0.2) is 218 Å². The Morgan fingerprint density at radius 3 is 1.52 bits per heavy atom. The van der Waals surface area contributed by atoms with Gasteiger partial charge in [0.1, 0.15) is 5.82 Å². The molecule has 13 aromatic rings. The number of hydrogen-bond acceptors (Lipinski definition) is 1. The van der Waals surface area contributed by atoms with Crippen molar-refractivity contribution >= 4 is 71.6 Å². The Bertz CT molecular complexity index is 4080. The maximum Gasteiger partial charge on any atom is 0.145 e. The van der Waals surface area contributed by atoms with Gasteiger partial charge in [0.05, 0.1) is 38.6 Å². The molecule has 0 spiro atoms. The Morgan fingerprint density at radius 1 is 0.333 bits per heavy atom. The summed E-state index contributed by atoms with van der Waals surface area (Å²) in [6, 6.07) is 77.2. The molecule has 1 aliphatic rings. The van der Waals surface area contributed by atoms with Crippen molar-refractivity contribution < 1.29 is 0 Å². The van der Waals surface area contributed by atoms with Crippen LogP contribution in [0.3, 0.4) is 0 Å². The lowest BCUT2D eigenvalue weighted by molar-refractivity contribution is 0.967. The Labute approximate surface area is 381 Å². The second-order valence-electron chi connectivity index (χ2n) is 17.5. The van der Waals surface area contributed by atoms with E-state index in [0.29, 0.717) is 0 Å². The molecule has 1 aliphatic carbocycles. The van der Waals surface area contributed by atoms with Crippen molar-refractivity contribution in [3.8, 4) is 45.3 Å². The van der Waals surface area contributed by atoms with Crippen LogP contribution >= 0.6 is 0 Å². The highest BCUT2D eigenvalue weighted by Crippen LogP contribution is 2.41. The monoisotopic (exact) mass is 843 g/mol. The fourth-order valence-corrected chi connectivity index (χ4v) is 10.9. The summed E-state index contributed by atoms with van der Waals surface area (Å²) in [7, 11) is 0. The molecule has 66 heavy (non-hydrogen) atoms. The number of aromatic nitrogens is 5. The molecule has 0 amide bonds. The quantitative estimate of drug-likeness (QED) is 0.164. The van der Waals surface area contributed by atoms with Gasteiger partial charge in [0.15, 0.2) is 0 Å². The van der Waals surface area contributed by atoms with E-state index in [-0.39, 0.29) is 0 Å². The molecule has 0 N–H and O–H groups in total. The molecule has 0 radical (unpaired) electrons. The normalized spacial score (nSPS) is 12.7. The van der Waals surface area contributed by atoms with Gasteiger partial charge in [0, 0.05) is 60.9 Å². The summed E-state index contributed by atoms with van der Waals surface area (Å²) in [6.45, 7) is 0. The van der Waals surface area contributed by atoms with Crippen LogP contribution in [0.4, 0.5) is 0 Å². The van der Waals surface area contributed by atoms with E-state index in [1.54, 1.807) is 0 Å². The Kier molecular flexibility index (Phi) is 8.04. The molecule has 9 aromatic carbocycles. The van der Waals surface area contributed by atoms with E-state index in [1.165, 1.54) is 82.6 Å². The number of fused-ring (bicyclic) bond motifs is 10. The van der Waals surface area contributed by atoms with E-state index in [2.05, 4.69) is 243 Å². The molecular formula is C61H41N5. The molecule has 4 heterocycles. The van der Waals surface area contributed by atoms with Crippen LogP contribution in [0.25, 0.3) is 117 Å². The largest absolute Gasteiger partial charge is 0.310 e. The third kappa shape index (κ3) is 5.50. The van der Waals surface area contributed by atoms with Crippen LogP contribution in [-0.2, 0) is 6.42 Å². The number of hydrogen-bond donors (Lipinski definition) is 0. The average molecular weight is 844 g/mol. The van der Waals surface area contributed by atoms with Crippen molar-refractivity contribution in [2.24, 2.45) is 0 Å². The number of allylic oxidation sites excluding steroid dienone is 1. The molecule has 4 aromatic heterocycles. The Balaban J connectivity index is 0.870. The van der Waals surface area contributed by atoms with Gasteiger partial charge in [-0.3, -0.25) is 4.57 Å². The van der Waals surface area contributed by atoms with Crippen molar-refractivity contribution in [3.63, 3.8) is 0 Å². The van der Waals surface area contributed by atoms with Crippen LogP contribution in [0.2, 0.25) is 0 Å². The minimum atomic E-state index is 0.936. The molecule has 14 rings (SSSR count). The Morgan fingerprint density at radius 2 is 0.818 bits per heavy atom. The van der Waals surface area contributed by atoms with Crippen LogP contribution in [0, 0.1) is 0 Å². The second kappa shape index (κ2) is 14.4. The van der Waals surface area contributed by atoms with Gasteiger partial charge in [0.25, 0.3) is 0 Å². The van der Waals surface area contributed by atoms with Gasteiger partial charge in [0.2, 0.25) is 0 Å². The van der Waals surface area contributed by atoms with Gasteiger partial charge in [-0.2, -0.15) is 0 Å². The first kappa shape index (κ1) is 36.8. The molecule has 0 saturated carbocycles. The predicted molar refractivity (Wildman–Crippen MR) is 275 cm³/mol. The molecule has 5 nitrogen and oxygen atoms in total. The summed E-state index contributed by atoms with van der Waals surface area (Å²) in [6.07, 6.45) is 6.69. The highest BCUT2D eigenvalue weighted by atomic mass is 15.1. The summed E-state index contributed by atoms with van der Waals surface area (Å²) >= 11 is 0. The van der Waals surface area contributed by atoms with Gasteiger partial charge in [-0.25, -0.2) is 4.98 Å².